The van der Waals surface area contributed by atoms with Crippen molar-refractivity contribution < 1.29 is 9.53 Å². The first-order valence-corrected chi connectivity index (χ1v) is 7.50. The van der Waals surface area contributed by atoms with Gasteiger partial charge in [-0.1, -0.05) is 0 Å². The molecule has 0 aromatic heterocycles. The van der Waals surface area contributed by atoms with Crippen molar-refractivity contribution in [3.8, 4) is 0 Å². The Morgan fingerprint density at radius 1 is 1.32 bits per heavy atom. The molecule has 0 aromatic rings. The van der Waals surface area contributed by atoms with Gasteiger partial charge >= 0.3 is 0 Å². The van der Waals surface area contributed by atoms with E-state index in [4.69, 9.17) is 4.74 Å². The lowest BCUT2D eigenvalue weighted by Gasteiger charge is -2.29. The van der Waals surface area contributed by atoms with E-state index in [0.717, 1.165) is 38.6 Å². The van der Waals surface area contributed by atoms with Gasteiger partial charge in [0.05, 0.1) is 19.8 Å². The summed E-state index contributed by atoms with van der Waals surface area (Å²) in [5.74, 6) is 1.08. The monoisotopic (exact) mass is 269 g/mol. The van der Waals surface area contributed by atoms with Crippen LogP contribution in [-0.4, -0.2) is 75.2 Å². The van der Waals surface area contributed by atoms with Gasteiger partial charge < -0.3 is 15.0 Å². The van der Waals surface area contributed by atoms with E-state index in [1.807, 2.05) is 4.90 Å². The van der Waals surface area contributed by atoms with Crippen molar-refractivity contribution in [2.75, 3.05) is 59.5 Å². The molecular weight excluding hydrogens is 242 g/mol. The fourth-order valence-corrected chi connectivity index (χ4v) is 2.80. The highest BCUT2D eigenvalue weighted by molar-refractivity contribution is 5.78. The first kappa shape index (κ1) is 14.8. The van der Waals surface area contributed by atoms with Gasteiger partial charge in [0.2, 0.25) is 5.91 Å². The number of nitrogens with one attached hydrogen (secondary N) is 1. The maximum Gasteiger partial charge on any atom is 0.236 e. The summed E-state index contributed by atoms with van der Waals surface area (Å²) >= 11 is 0. The van der Waals surface area contributed by atoms with Crippen LogP contribution < -0.4 is 5.32 Å². The summed E-state index contributed by atoms with van der Waals surface area (Å²) in [4.78, 5) is 16.2. The molecule has 2 saturated heterocycles. The lowest BCUT2D eigenvalue weighted by atomic mass is 9.94. The summed E-state index contributed by atoms with van der Waals surface area (Å²) in [7, 11) is 2.05. The number of amides is 1. The second-order valence-electron chi connectivity index (χ2n) is 5.71. The Labute approximate surface area is 116 Å². The van der Waals surface area contributed by atoms with Crippen LogP contribution in [0, 0.1) is 5.92 Å². The Kier molecular flexibility index (Phi) is 6.07. The largest absolute Gasteiger partial charge is 0.378 e. The summed E-state index contributed by atoms with van der Waals surface area (Å²) in [6, 6.07) is 0. The Balaban J connectivity index is 1.62. The second-order valence-corrected chi connectivity index (χ2v) is 5.71. The van der Waals surface area contributed by atoms with E-state index in [2.05, 4.69) is 17.3 Å². The molecular formula is C14H27N3O2. The van der Waals surface area contributed by atoms with E-state index in [9.17, 15) is 4.79 Å². The van der Waals surface area contributed by atoms with Gasteiger partial charge in [0.15, 0.2) is 0 Å². The van der Waals surface area contributed by atoms with Crippen molar-refractivity contribution in [1.29, 1.82) is 0 Å². The summed E-state index contributed by atoms with van der Waals surface area (Å²) in [6.45, 7) is 6.75. The fourth-order valence-electron chi connectivity index (χ4n) is 2.80. The molecule has 0 radical (unpaired) electrons. The Morgan fingerprint density at radius 2 is 2.00 bits per heavy atom. The van der Waals surface area contributed by atoms with Crippen LogP contribution in [0.2, 0.25) is 0 Å². The molecule has 0 spiro atoms. The third-order valence-corrected chi connectivity index (χ3v) is 4.15. The highest BCUT2D eigenvalue weighted by Gasteiger charge is 2.19. The van der Waals surface area contributed by atoms with Crippen LogP contribution in [-0.2, 0) is 9.53 Å². The maximum absolute atomic E-state index is 12.1. The highest BCUT2D eigenvalue weighted by atomic mass is 16.5. The van der Waals surface area contributed by atoms with Crippen molar-refractivity contribution in [2.45, 2.75) is 19.3 Å². The lowest BCUT2D eigenvalue weighted by molar-refractivity contribution is -0.136. The molecule has 1 amide bonds. The van der Waals surface area contributed by atoms with Crippen molar-refractivity contribution >= 4 is 5.91 Å². The van der Waals surface area contributed by atoms with E-state index in [1.54, 1.807) is 0 Å². The average molecular weight is 269 g/mol. The van der Waals surface area contributed by atoms with Crippen LogP contribution >= 0.6 is 0 Å². The van der Waals surface area contributed by atoms with Crippen LogP contribution in [0.25, 0.3) is 0 Å². The minimum Gasteiger partial charge on any atom is -0.378 e. The standard InChI is InChI=1S/C14H27N3O2/c1-16(7-4-13-2-5-15-6-3-13)12-14(18)17-8-10-19-11-9-17/h13,15H,2-12H2,1H3. The van der Waals surface area contributed by atoms with Gasteiger partial charge in [-0.05, 0) is 51.9 Å². The SMILES string of the molecule is CN(CCC1CCNCC1)CC(=O)N1CCOCC1. The predicted octanol–water partition coefficient (Wildman–Crippen LogP) is 0.167. The van der Waals surface area contributed by atoms with E-state index in [0.29, 0.717) is 19.8 Å². The quantitative estimate of drug-likeness (QED) is 0.772. The van der Waals surface area contributed by atoms with Gasteiger partial charge in [-0.2, -0.15) is 0 Å². The van der Waals surface area contributed by atoms with Gasteiger partial charge in [0.1, 0.15) is 0 Å². The molecule has 2 heterocycles. The van der Waals surface area contributed by atoms with Crippen LogP contribution in [0.15, 0.2) is 0 Å². The molecule has 2 fully saturated rings. The molecule has 0 bridgehead atoms. The van der Waals surface area contributed by atoms with Gasteiger partial charge in [-0.15, -0.1) is 0 Å². The van der Waals surface area contributed by atoms with Crippen LogP contribution in [0.1, 0.15) is 19.3 Å². The normalized spacial score (nSPS) is 21.9. The molecule has 5 nitrogen and oxygen atoms in total. The molecule has 0 aliphatic carbocycles. The van der Waals surface area contributed by atoms with Crippen LogP contribution in [0.4, 0.5) is 0 Å². The second kappa shape index (κ2) is 7.82. The lowest BCUT2D eigenvalue weighted by Crippen LogP contribution is -2.45. The molecule has 0 unspecified atom stereocenters. The van der Waals surface area contributed by atoms with Crippen molar-refractivity contribution in [3.63, 3.8) is 0 Å². The molecule has 5 heteroatoms. The number of likely N-dealkylation sites (N-methyl/N-ethyl adjacent to an activating group) is 1. The van der Waals surface area contributed by atoms with E-state index in [-0.39, 0.29) is 5.91 Å². The number of piperidine rings is 1. The summed E-state index contributed by atoms with van der Waals surface area (Å²) in [5, 5.41) is 3.39. The van der Waals surface area contributed by atoms with Crippen LogP contribution in [0.3, 0.4) is 0 Å². The van der Waals surface area contributed by atoms with Gasteiger partial charge in [-0.25, -0.2) is 0 Å². The van der Waals surface area contributed by atoms with Gasteiger partial charge in [-0.3, -0.25) is 9.69 Å². The Morgan fingerprint density at radius 3 is 2.68 bits per heavy atom. The molecule has 2 aliphatic rings. The number of morpholine rings is 1. The predicted molar refractivity (Wildman–Crippen MR) is 75.1 cm³/mol. The van der Waals surface area contributed by atoms with Crippen molar-refractivity contribution in [1.82, 2.24) is 15.1 Å². The molecule has 110 valence electrons. The Hall–Kier alpha value is -0.650. The zero-order chi connectivity index (χ0) is 13.5. The Bertz CT molecular complexity index is 274. The smallest absolute Gasteiger partial charge is 0.236 e. The highest BCUT2D eigenvalue weighted by Crippen LogP contribution is 2.15. The first-order valence-electron chi connectivity index (χ1n) is 7.50. The van der Waals surface area contributed by atoms with Crippen molar-refractivity contribution in [3.05, 3.63) is 0 Å². The number of carbonyl (C=O) groups excluding carboxylic acids is 1. The molecule has 1 N–H and O–H groups in total. The molecule has 19 heavy (non-hydrogen) atoms. The first-order chi connectivity index (χ1) is 9.25. The number of rotatable bonds is 5. The zero-order valence-electron chi connectivity index (χ0n) is 12.1. The summed E-state index contributed by atoms with van der Waals surface area (Å²) in [5.41, 5.74) is 0. The molecule has 0 saturated carbocycles. The molecule has 0 atom stereocenters. The fraction of sp³-hybridized carbons (Fsp3) is 0.929. The van der Waals surface area contributed by atoms with E-state index in [1.165, 1.54) is 19.3 Å². The number of hydrogen-bond donors (Lipinski definition) is 1. The summed E-state index contributed by atoms with van der Waals surface area (Å²) < 4.78 is 5.27. The number of nitrogens with zero attached hydrogens (tertiary/aromatic N) is 2. The van der Waals surface area contributed by atoms with E-state index < -0.39 is 0 Å². The average Bonchev–Trinajstić information content (AvgIpc) is 2.47. The molecule has 2 aliphatic heterocycles. The topological polar surface area (TPSA) is 44.8 Å². The molecule has 2 rings (SSSR count). The number of hydrogen-bond acceptors (Lipinski definition) is 4. The zero-order valence-corrected chi connectivity index (χ0v) is 12.1. The van der Waals surface area contributed by atoms with Gasteiger partial charge in [0.25, 0.3) is 0 Å². The van der Waals surface area contributed by atoms with Crippen LogP contribution in [0.5, 0.6) is 0 Å². The number of ether oxygens (including phenoxy) is 1. The third kappa shape index (κ3) is 5.09. The van der Waals surface area contributed by atoms with Gasteiger partial charge in [0, 0.05) is 13.1 Å². The van der Waals surface area contributed by atoms with Crippen molar-refractivity contribution in [2.24, 2.45) is 5.92 Å². The molecule has 0 aromatic carbocycles. The third-order valence-electron chi connectivity index (χ3n) is 4.15. The van der Waals surface area contributed by atoms with E-state index >= 15 is 0 Å². The maximum atomic E-state index is 12.1. The minimum absolute atomic E-state index is 0.246. The summed E-state index contributed by atoms with van der Waals surface area (Å²) in [6.07, 6.45) is 3.78. The minimum atomic E-state index is 0.246. The number of carbonyl (C=O) groups is 1.